The van der Waals surface area contributed by atoms with Crippen LogP contribution >= 0.6 is 0 Å². The van der Waals surface area contributed by atoms with E-state index in [1.54, 1.807) is 41.5 Å². The lowest BCUT2D eigenvalue weighted by molar-refractivity contribution is -0.163. The molecule has 0 aliphatic rings. The topological polar surface area (TPSA) is 52.6 Å². The Hall–Kier alpha value is -1.94. The second kappa shape index (κ2) is 8.06. The van der Waals surface area contributed by atoms with Gasteiger partial charge in [0.25, 0.3) is 0 Å². The molecule has 0 spiro atoms. The third kappa shape index (κ3) is 7.24. The van der Waals surface area contributed by atoms with Crippen molar-refractivity contribution in [3.8, 4) is 24.7 Å². The van der Waals surface area contributed by atoms with Crippen molar-refractivity contribution >= 4 is 11.9 Å². The molecule has 0 atom stereocenters. The van der Waals surface area contributed by atoms with Crippen molar-refractivity contribution in [1.29, 1.82) is 0 Å². The Kier molecular flexibility index (Phi) is 7.38. The van der Waals surface area contributed by atoms with Crippen molar-refractivity contribution in [2.24, 2.45) is 16.2 Å². The van der Waals surface area contributed by atoms with Crippen LogP contribution in [-0.2, 0) is 19.1 Å². The van der Waals surface area contributed by atoms with E-state index in [0.717, 1.165) is 0 Å². The van der Waals surface area contributed by atoms with E-state index < -0.39 is 16.2 Å². The summed E-state index contributed by atoms with van der Waals surface area (Å²) in [5, 5.41) is 0. The maximum Gasteiger partial charge on any atom is 0.311 e. The fraction of sp³-hybridized carbons (Fsp3) is 0.684. The first kappa shape index (κ1) is 21.1. The molecule has 0 aromatic rings. The van der Waals surface area contributed by atoms with Gasteiger partial charge in [0.15, 0.2) is 0 Å². The van der Waals surface area contributed by atoms with Crippen LogP contribution in [0.2, 0.25) is 0 Å². The summed E-state index contributed by atoms with van der Waals surface area (Å²) in [6, 6.07) is 0. The highest BCUT2D eigenvalue weighted by atomic mass is 16.5. The zero-order valence-corrected chi connectivity index (χ0v) is 15.1. The summed E-state index contributed by atoms with van der Waals surface area (Å²) in [7, 11) is 0. The fourth-order valence-electron chi connectivity index (χ4n) is 1.61. The predicted molar refractivity (Wildman–Crippen MR) is 90.2 cm³/mol. The minimum atomic E-state index is -0.759. The standard InChI is InChI=1S/C19H28O4/c1-9-11-19(12-10-2,13-22-15(20)17(3,4)5)14-23-16(21)18(6,7)8/h1-2H,11-14H2,3-8H3. The molecule has 4 heteroatoms. The lowest BCUT2D eigenvalue weighted by Gasteiger charge is -2.31. The van der Waals surface area contributed by atoms with Crippen molar-refractivity contribution in [2.45, 2.75) is 54.4 Å². The molecular formula is C19H28O4. The van der Waals surface area contributed by atoms with Gasteiger partial charge < -0.3 is 9.47 Å². The molecule has 0 aromatic heterocycles. The molecule has 0 unspecified atom stereocenters. The zero-order valence-electron chi connectivity index (χ0n) is 15.1. The molecule has 0 aromatic carbocycles. The van der Waals surface area contributed by atoms with E-state index in [1.807, 2.05) is 0 Å². The third-order valence-electron chi connectivity index (χ3n) is 3.20. The van der Waals surface area contributed by atoms with Gasteiger partial charge in [0.05, 0.1) is 16.2 Å². The van der Waals surface area contributed by atoms with Gasteiger partial charge in [-0.1, -0.05) is 0 Å². The molecule has 128 valence electrons. The van der Waals surface area contributed by atoms with Gasteiger partial charge in [0.2, 0.25) is 0 Å². The van der Waals surface area contributed by atoms with Crippen molar-refractivity contribution in [3.05, 3.63) is 0 Å². The van der Waals surface area contributed by atoms with Crippen LogP contribution in [0.15, 0.2) is 0 Å². The van der Waals surface area contributed by atoms with E-state index in [0.29, 0.717) is 0 Å². The molecule has 0 saturated heterocycles. The molecule has 23 heavy (non-hydrogen) atoms. The minimum absolute atomic E-state index is 0.0227. The maximum absolute atomic E-state index is 12.0. The van der Waals surface area contributed by atoms with Crippen LogP contribution in [0.25, 0.3) is 0 Å². The number of hydrogen-bond donors (Lipinski definition) is 0. The van der Waals surface area contributed by atoms with Gasteiger partial charge in [-0.2, -0.15) is 0 Å². The van der Waals surface area contributed by atoms with Gasteiger partial charge in [0, 0.05) is 12.8 Å². The number of rotatable bonds is 6. The number of hydrogen-bond acceptors (Lipinski definition) is 4. The van der Waals surface area contributed by atoms with Gasteiger partial charge in [0.1, 0.15) is 13.2 Å². The van der Waals surface area contributed by atoms with Crippen molar-refractivity contribution in [1.82, 2.24) is 0 Å². The average Bonchev–Trinajstić information content (AvgIpc) is 2.40. The Labute approximate surface area is 140 Å². The van der Waals surface area contributed by atoms with Crippen LogP contribution in [0.5, 0.6) is 0 Å². The largest absolute Gasteiger partial charge is 0.464 e. The summed E-state index contributed by atoms with van der Waals surface area (Å²) in [5.74, 6) is 4.38. The lowest BCUT2D eigenvalue weighted by Crippen LogP contribution is -2.37. The van der Waals surface area contributed by atoms with Crippen molar-refractivity contribution in [3.63, 3.8) is 0 Å². The van der Waals surface area contributed by atoms with Crippen molar-refractivity contribution in [2.75, 3.05) is 13.2 Å². The highest BCUT2D eigenvalue weighted by Gasteiger charge is 2.36. The molecular weight excluding hydrogens is 292 g/mol. The Morgan fingerprint density at radius 3 is 1.30 bits per heavy atom. The van der Waals surface area contributed by atoms with E-state index in [-0.39, 0.29) is 38.0 Å². The number of ether oxygens (including phenoxy) is 2. The quantitative estimate of drug-likeness (QED) is 0.557. The summed E-state index contributed by atoms with van der Waals surface area (Å²) >= 11 is 0. The SMILES string of the molecule is C#CCC(CC#C)(COC(=O)C(C)(C)C)COC(=O)C(C)(C)C. The van der Waals surface area contributed by atoms with Gasteiger partial charge in [-0.15, -0.1) is 24.7 Å². The smallest absolute Gasteiger partial charge is 0.311 e. The summed E-state index contributed by atoms with van der Waals surface area (Å²) in [5.41, 5.74) is -2.01. The molecule has 4 nitrogen and oxygen atoms in total. The van der Waals surface area contributed by atoms with E-state index in [4.69, 9.17) is 22.3 Å². The third-order valence-corrected chi connectivity index (χ3v) is 3.20. The van der Waals surface area contributed by atoms with Crippen LogP contribution in [0.4, 0.5) is 0 Å². The first-order valence-corrected chi connectivity index (χ1v) is 7.59. The first-order valence-electron chi connectivity index (χ1n) is 7.59. The summed E-state index contributed by atoms with van der Waals surface area (Å²) < 4.78 is 10.7. The predicted octanol–water partition coefficient (Wildman–Crippen LogP) is 3.20. The normalized spacial score (nSPS) is 12.0. The fourth-order valence-corrected chi connectivity index (χ4v) is 1.61. The Morgan fingerprint density at radius 1 is 0.783 bits per heavy atom. The lowest BCUT2D eigenvalue weighted by atomic mass is 9.83. The van der Waals surface area contributed by atoms with E-state index in [2.05, 4.69) is 11.8 Å². The number of carbonyl (C=O) groups is 2. The molecule has 0 aliphatic carbocycles. The molecule has 0 heterocycles. The Morgan fingerprint density at radius 2 is 1.09 bits per heavy atom. The van der Waals surface area contributed by atoms with E-state index >= 15 is 0 Å². The summed E-state index contributed by atoms with van der Waals surface area (Å²) in [6.07, 6.45) is 11.4. The molecule has 0 fully saturated rings. The second-order valence-electron chi connectivity index (χ2n) is 7.91. The molecule has 0 bridgehead atoms. The van der Waals surface area contributed by atoms with Crippen LogP contribution in [0.3, 0.4) is 0 Å². The van der Waals surface area contributed by atoms with Gasteiger partial charge >= 0.3 is 11.9 Å². The van der Waals surface area contributed by atoms with Gasteiger partial charge in [-0.05, 0) is 41.5 Å². The monoisotopic (exact) mass is 320 g/mol. The summed E-state index contributed by atoms with van der Waals surface area (Å²) in [6.45, 7) is 10.6. The molecule has 0 rings (SSSR count). The van der Waals surface area contributed by atoms with Crippen LogP contribution < -0.4 is 0 Å². The van der Waals surface area contributed by atoms with Crippen LogP contribution in [-0.4, -0.2) is 25.2 Å². The van der Waals surface area contributed by atoms with Crippen LogP contribution in [0, 0.1) is 40.9 Å². The van der Waals surface area contributed by atoms with Gasteiger partial charge in [-0.3, -0.25) is 9.59 Å². The molecule has 0 N–H and O–H groups in total. The molecule has 0 radical (unpaired) electrons. The average molecular weight is 320 g/mol. The number of terminal acetylenes is 2. The maximum atomic E-state index is 12.0. The number of esters is 2. The number of carbonyl (C=O) groups excluding carboxylic acids is 2. The highest BCUT2D eigenvalue weighted by Crippen LogP contribution is 2.30. The summed E-state index contributed by atoms with van der Waals surface area (Å²) in [4.78, 5) is 24.0. The Balaban J connectivity index is 5.11. The zero-order chi connectivity index (χ0) is 18.3. The van der Waals surface area contributed by atoms with E-state index in [9.17, 15) is 9.59 Å². The van der Waals surface area contributed by atoms with E-state index in [1.165, 1.54) is 0 Å². The second-order valence-corrected chi connectivity index (χ2v) is 7.91. The molecule has 0 saturated carbocycles. The first-order chi connectivity index (χ1) is 10.4. The van der Waals surface area contributed by atoms with Crippen LogP contribution in [0.1, 0.15) is 54.4 Å². The molecule has 0 amide bonds. The Bertz CT molecular complexity index is 455. The highest BCUT2D eigenvalue weighted by molar-refractivity contribution is 5.76. The van der Waals surface area contributed by atoms with Crippen molar-refractivity contribution < 1.29 is 19.1 Å². The minimum Gasteiger partial charge on any atom is -0.464 e. The van der Waals surface area contributed by atoms with Gasteiger partial charge in [-0.25, -0.2) is 0 Å². The molecule has 0 aliphatic heterocycles.